The van der Waals surface area contributed by atoms with Gasteiger partial charge in [0.05, 0.1) is 36.7 Å². The molecule has 1 atom stereocenters. The molecule has 11 heteroatoms. The second-order valence-corrected chi connectivity index (χ2v) is 5.72. The molecule has 0 saturated carbocycles. The number of hydrogen-bond donors (Lipinski definition) is 2. The molecule has 0 spiro atoms. The Hall–Kier alpha value is -2.74. The van der Waals surface area contributed by atoms with Crippen LogP contribution in [0, 0.1) is 11.3 Å². The zero-order valence-corrected chi connectivity index (χ0v) is 15.1. The van der Waals surface area contributed by atoms with E-state index < -0.39 is 23.5 Å². The second-order valence-electron chi connectivity index (χ2n) is 5.72. The number of alkyl halides is 3. The van der Waals surface area contributed by atoms with Gasteiger partial charge in [-0.1, -0.05) is 6.07 Å². The number of carbonyl (C=O) groups excluding carboxylic acids is 1. The van der Waals surface area contributed by atoms with E-state index in [4.69, 9.17) is 4.74 Å². The minimum absolute atomic E-state index is 0. The lowest BCUT2D eigenvalue weighted by atomic mass is 10.0. The van der Waals surface area contributed by atoms with Gasteiger partial charge >= 0.3 is 6.18 Å². The Kier molecular flexibility index (Phi) is 6.90. The van der Waals surface area contributed by atoms with Crippen LogP contribution in [0.3, 0.4) is 0 Å². The number of ether oxygens (including phenoxy) is 1. The summed E-state index contributed by atoms with van der Waals surface area (Å²) >= 11 is 0. The van der Waals surface area contributed by atoms with Crippen LogP contribution in [0.1, 0.15) is 33.4 Å². The molecule has 148 valence electrons. The molecule has 28 heavy (non-hydrogen) atoms. The van der Waals surface area contributed by atoms with Crippen LogP contribution in [0.15, 0.2) is 30.6 Å². The summed E-state index contributed by atoms with van der Waals surface area (Å²) in [5, 5.41) is 14.9. The molecule has 1 amide bonds. The van der Waals surface area contributed by atoms with Crippen LogP contribution >= 0.6 is 12.4 Å². The Morgan fingerprint density at radius 2 is 2.14 bits per heavy atom. The van der Waals surface area contributed by atoms with Gasteiger partial charge in [-0.25, -0.2) is 4.98 Å². The fourth-order valence-electron chi connectivity index (χ4n) is 2.58. The van der Waals surface area contributed by atoms with E-state index in [0.29, 0.717) is 30.5 Å². The Labute approximate surface area is 164 Å². The van der Waals surface area contributed by atoms with Crippen molar-refractivity contribution in [3.8, 4) is 6.07 Å². The highest BCUT2D eigenvalue weighted by molar-refractivity contribution is 6.02. The van der Waals surface area contributed by atoms with Gasteiger partial charge < -0.3 is 15.4 Å². The first-order chi connectivity index (χ1) is 12.9. The van der Waals surface area contributed by atoms with Gasteiger partial charge in [-0.15, -0.1) is 12.4 Å². The Morgan fingerprint density at radius 1 is 1.36 bits per heavy atom. The van der Waals surface area contributed by atoms with Gasteiger partial charge in [-0.05, 0) is 17.7 Å². The maximum Gasteiger partial charge on any atom is 0.434 e. The second kappa shape index (κ2) is 8.97. The number of benzene rings is 1. The van der Waals surface area contributed by atoms with E-state index in [1.165, 1.54) is 6.07 Å². The molecule has 3 rings (SSSR count). The van der Waals surface area contributed by atoms with Gasteiger partial charge in [0.25, 0.3) is 5.91 Å². The highest BCUT2D eigenvalue weighted by atomic mass is 35.5. The average Bonchev–Trinajstić information content (AvgIpc) is 2.68. The van der Waals surface area contributed by atoms with Crippen molar-refractivity contribution >= 4 is 24.0 Å². The summed E-state index contributed by atoms with van der Waals surface area (Å²) in [5.74, 6) is -0.860. The number of aromatic nitrogens is 2. The molecule has 7 nitrogen and oxygen atoms in total. The first-order valence-corrected chi connectivity index (χ1v) is 7.95. The molecular weight excluding hydrogens is 399 g/mol. The number of nitrogens with one attached hydrogen (secondary N) is 2. The van der Waals surface area contributed by atoms with Crippen LogP contribution in [-0.4, -0.2) is 35.6 Å². The number of hydrogen-bond acceptors (Lipinski definition) is 6. The van der Waals surface area contributed by atoms with Crippen molar-refractivity contribution in [2.75, 3.05) is 25.0 Å². The molecule has 1 aliphatic heterocycles. The molecule has 1 aliphatic rings. The summed E-state index contributed by atoms with van der Waals surface area (Å²) in [5.41, 5.74) is -0.515. The predicted molar refractivity (Wildman–Crippen MR) is 95.0 cm³/mol. The number of nitriles is 1. The number of anilines is 1. The highest BCUT2D eigenvalue weighted by Gasteiger charge is 2.33. The van der Waals surface area contributed by atoms with Gasteiger partial charge in [0.2, 0.25) is 0 Å². The van der Waals surface area contributed by atoms with Crippen molar-refractivity contribution in [2.24, 2.45) is 0 Å². The molecule has 2 heterocycles. The maximum atomic E-state index is 12.7. The maximum absolute atomic E-state index is 12.7. The molecule has 1 aromatic heterocycles. The highest BCUT2D eigenvalue weighted by Crippen LogP contribution is 2.27. The van der Waals surface area contributed by atoms with Crippen molar-refractivity contribution in [1.29, 1.82) is 5.26 Å². The number of rotatable bonds is 3. The molecule has 0 aliphatic carbocycles. The third-order valence-electron chi connectivity index (χ3n) is 3.86. The van der Waals surface area contributed by atoms with E-state index in [1.54, 1.807) is 12.1 Å². The molecule has 1 aromatic carbocycles. The third-order valence-corrected chi connectivity index (χ3v) is 3.86. The predicted octanol–water partition coefficient (Wildman–Crippen LogP) is 2.70. The van der Waals surface area contributed by atoms with Crippen LogP contribution in [0.25, 0.3) is 0 Å². The van der Waals surface area contributed by atoms with E-state index >= 15 is 0 Å². The zero-order chi connectivity index (χ0) is 19.4. The van der Waals surface area contributed by atoms with Crippen LogP contribution in [-0.2, 0) is 10.9 Å². The minimum Gasteiger partial charge on any atom is -0.371 e. The molecular formula is C17H15ClF3N5O2. The van der Waals surface area contributed by atoms with E-state index in [0.717, 1.165) is 12.7 Å². The fraction of sp³-hybridized carbons (Fsp3) is 0.294. The first-order valence-electron chi connectivity index (χ1n) is 7.95. The number of morpholine rings is 1. The standard InChI is InChI=1S/C17H14F3N5O2.ClH/c18-17(19,20)15-9-23-7-13(25-15)16(26)24-11-1-2-12(10(5-11)6-21)14-8-22-3-4-27-14;/h1-2,5,7,9,14,22H,3-4,8H2,(H,24,26);1H. The Morgan fingerprint density at radius 3 is 2.79 bits per heavy atom. The average molecular weight is 414 g/mol. The molecule has 1 unspecified atom stereocenters. The molecule has 1 saturated heterocycles. The van der Waals surface area contributed by atoms with Gasteiger partial charge in [-0.3, -0.25) is 9.78 Å². The summed E-state index contributed by atoms with van der Waals surface area (Å²) in [7, 11) is 0. The number of carbonyl (C=O) groups is 1. The van der Waals surface area contributed by atoms with E-state index in [2.05, 4.69) is 20.6 Å². The number of amides is 1. The summed E-state index contributed by atoms with van der Waals surface area (Å²) in [6.45, 7) is 1.80. The van der Waals surface area contributed by atoms with Gasteiger partial charge in [0.15, 0.2) is 5.69 Å². The van der Waals surface area contributed by atoms with Crippen LogP contribution in [0.5, 0.6) is 0 Å². The summed E-state index contributed by atoms with van der Waals surface area (Å²) in [6.07, 6.45) is -3.51. The fourth-order valence-corrected chi connectivity index (χ4v) is 2.58. The number of halogens is 4. The molecule has 0 radical (unpaired) electrons. The lowest BCUT2D eigenvalue weighted by molar-refractivity contribution is -0.141. The van der Waals surface area contributed by atoms with E-state index in [1.807, 2.05) is 6.07 Å². The van der Waals surface area contributed by atoms with Gasteiger partial charge in [-0.2, -0.15) is 18.4 Å². The lowest BCUT2D eigenvalue weighted by Crippen LogP contribution is -2.33. The van der Waals surface area contributed by atoms with Crippen molar-refractivity contribution in [1.82, 2.24) is 15.3 Å². The monoisotopic (exact) mass is 413 g/mol. The molecule has 2 N–H and O–H groups in total. The van der Waals surface area contributed by atoms with Crippen molar-refractivity contribution in [3.05, 3.63) is 53.1 Å². The largest absolute Gasteiger partial charge is 0.434 e. The van der Waals surface area contributed by atoms with Gasteiger partial charge in [0.1, 0.15) is 5.69 Å². The lowest BCUT2D eigenvalue weighted by Gasteiger charge is -2.24. The summed E-state index contributed by atoms with van der Waals surface area (Å²) < 4.78 is 43.7. The SMILES string of the molecule is Cl.N#Cc1cc(NC(=O)c2cncc(C(F)(F)F)n2)ccc1C1CNCCO1. The third kappa shape index (κ3) is 4.95. The van der Waals surface area contributed by atoms with Crippen molar-refractivity contribution in [2.45, 2.75) is 12.3 Å². The minimum atomic E-state index is -4.70. The van der Waals surface area contributed by atoms with E-state index in [-0.39, 0.29) is 24.2 Å². The van der Waals surface area contributed by atoms with Crippen molar-refractivity contribution < 1.29 is 22.7 Å². The topological polar surface area (TPSA) is 99.9 Å². The molecule has 1 fully saturated rings. The molecule has 0 bridgehead atoms. The van der Waals surface area contributed by atoms with Crippen molar-refractivity contribution in [3.63, 3.8) is 0 Å². The number of nitrogens with zero attached hydrogens (tertiary/aromatic N) is 3. The summed E-state index contributed by atoms with van der Waals surface area (Å²) in [4.78, 5) is 18.9. The van der Waals surface area contributed by atoms with Gasteiger partial charge in [0, 0.05) is 18.8 Å². The Balaban J connectivity index is 0.00000280. The smallest absolute Gasteiger partial charge is 0.371 e. The van der Waals surface area contributed by atoms with Crippen LogP contribution < -0.4 is 10.6 Å². The quantitative estimate of drug-likeness (QED) is 0.802. The van der Waals surface area contributed by atoms with Crippen LogP contribution in [0.2, 0.25) is 0 Å². The normalized spacial score (nSPS) is 16.6. The van der Waals surface area contributed by atoms with Crippen LogP contribution in [0.4, 0.5) is 18.9 Å². The van der Waals surface area contributed by atoms with E-state index in [9.17, 15) is 23.2 Å². The summed E-state index contributed by atoms with van der Waals surface area (Å²) in [6, 6.07) is 6.67. The molecule has 2 aromatic rings. The zero-order valence-electron chi connectivity index (χ0n) is 14.3. The first kappa shape index (κ1) is 21.6. The Bertz CT molecular complexity index is 895.